The van der Waals surface area contributed by atoms with Gasteiger partial charge < -0.3 is 10.2 Å². The van der Waals surface area contributed by atoms with E-state index in [0.29, 0.717) is 43.5 Å². The van der Waals surface area contributed by atoms with Gasteiger partial charge in [0.1, 0.15) is 23.1 Å². The van der Waals surface area contributed by atoms with E-state index in [0.717, 1.165) is 23.4 Å². The second kappa shape index (κ2) is 12.9. The van der Waals surface area contributed by atoms with Crippen LogP contribution in [0.1, 0.15) is 38.5 Å². The summed E-state index contributed by atoms with van der Waals surface area (Å²) in [5.41, 5.74) is -2.18. The van der Waals surface area contributed by atoms with E-state index in [9.17, 15) is 22.4 Å². The van der Waals surface area contributed by atoms with Crippen LogP contribution in [0.4, 0.5) is 23.2 Å². The second-order valence-corrected chi connectivity index (χ2v) is 11.0. The second-order valence-electron chi connectivity index (χ2n) is 9.02. The summed E-state index contributed by atoms with van der Waals surface area (Å²) in [7, 11) is 3.83. The molecule has 4 nitrogen and oxygen atoms in total. The molecule has 2 aromatic carbocycles. The van der Waals surface area contributed by atoms with Crippen molar-refractivity contribution in [2.45, 2.75) is 60.0 Å². The lowest BCUT2D eigenvalue weighted by Crippen LogP contribution is -2.42. The van der Waals surface area contributed by atoms with Crippen LogP contribution in [0.15, 0.2) is 46.2 Å². The average molecular weight is 530 g/mol. The molecule has 1 saturated carbocycles. The van der Waals surface area contributed by atoms with Gasteiger partial charge in [0.25, 0.3) is 5.91 Å². The normalized spacial score (nSPS) is 16.2. The van der Waals surface area contributed by atoms with Gasteiger partial charge in [-0.25, -0.2) is 17.6 Å². The third-order valence-corrected chi connectivity index (χ3v) is 7.80. The predicted molar refractivity (Wildman–Crippen MR) is 135 cm³/mol. The molecule has 0 heterocycles. The van der Waals surface area contributed by atoms with Crippen LogP contribution >= 0.6 is 23.7 Å². The Morgan fingerprint density at radius 2 is 1.66 bits per heavy atom. The maximum absolute atomic E-state index is 14.9. The zero-order valence-electron chi connectivity index (χ0n) is 19.9. The van der Waals surface area contributed by atoms with Crippen molar-refractivity contribution in [2.75, 3.05) is 31.7 Å². The highest BCUT2D eigenvalue weighted by Gasteiger charge is 2.39. The quantitative estimate of drug-likeness (QED) is 0.200. The highest BCUT2D eigenvalue weighted by atomic mass is 32.2. The zero-order valence-corrected chi connectivity index (χ0v) is 21.5. The molecule has 1 fully saturated rings. The zero-order chi connectivity index (χ0) is 25.4. The van der Waals surface area contributed by atoms with Crippen LogP contribution in [0.2, 0.25) is 0 Å². The molecule has 0 aromatic heterocycles. The lowest BCUT2D eigenvalue weighted by atomic mass is 9.86. The Morgan fingerprint density at radius 1 is 1.03 bits per heavy atom. The maximum Gasteiger partial charge on any atom is 0.267 e. The first kappa shape index (κ1) is 27.7. The van der Waals surface area contributed by atoms with Gasteiger partial charge in [0, 0.05) is 21.6 Å². The minimum Gasteiger partial charge on any atom is -0.377 e. The monoisotopic (exact) mass is 529 g/mol. The number of nitrogens with zero attached hydrogens (tertiary/aromatic N) is 1. The Hall–Kier alpha value is -1.91. The Bertz CT molecular complexity index is 962. The number of nitrogens with one attached hydrogen (secondary N) is 2. The van der Waals surface area contributed by atoms with Crippen molar-refractivity contribution >= 4 is 35.3 Å². The third kappa shape index (κ3) is 8.32. The summed E-state index contributed by atoms with van der Waals surface area (Å²) in [6, 6.07) is 8.07. The molecular weight excluding hydrogens is 498 g/mol. The van der Waals surface area contributed by atoms with E-state index in [2.05, 4.69) is 10.0 Å². The molecule has 1 amide bonds. The summed E-state index contributed by atoms with van der Waals surface area (Å²) in [5.74, 6) is -2.15. The number of benzene rings is 2. The van der Waals surface area contributed by atoms with Gasteiger partial charge in [-0.15, -0.1) is 11.8 Å². The third-order valence-electron chi connectivity index (χ3n) is 5.87. The summed E-state index contributed by atoms with van der Waals surface area (Å²) >= 11 is 2.18. The highest BCUT2D eigenvalue weighted by Crippen LogP contribution is 2.33. The van der Waals surface area contributed by atoms with Crippen molar-refractivity contribution in [3.05, 3.63) is 53.8 Å². The predicted octanol–water partition coefficient (Wildman–Crippen LogP) is 6.42. The van der Waals surface area contributed by atoms with Crippen molar-refractivity contribution in [1.82, 2.24) is 9.62 Å². The molecule has 10 heteroatoms. The molecule has 1 atom stereocenters. The van der Waals surface area contributed by atoms with Gasteiger partial charge in [0.2, 0.25) is 0 Å². The van der Waals surface area contributed by atoms with E-state index in [-0.39, 0.29) is 35.3 Å². The number of carbonyl (C=O) groups excluding carboxylic acids is 1. The lowest BCUT2D eigenvalue weighted by molar-refractivity contribution is -0.132. The first-order valence-electron chi connectivity index (χ1n) is 11.6. The summed E-state index contributed by atoms with van der Waals surface area (Å²) in [6.07, 6.45) is 3.14. The first-order chi connectivity index (χ1) is 16.7. The molecule has 0 aliphatic heterocycles. The van der Waals surface area contributed by atoms with Gasteiger partial charge in [-0.1, -0.05) is 6.42 Å². The fourth-order valence-electron chi connectivity index (χ4n) is 3.83. The van der Waals surface area contributed by atoms with Crippen LogP contribution in [-0.2, 0) is 4.79 Å². The maximum atomic E-state index is 14.9. The van der Waals surface area contributed by atoms with Crippen molar-refractivity contribution in [3.8, 4) is 0 Å². The van der Waals surface area contributed by atoms with Gasteiger partial charge in [0.05, 0.1) is 0 Å². The van der Waals surface area contributed by atoms with Crippen LogP contribution < -0.4 is 10.0 Å². The Balaban J connectivity index is 1.64. The fourth-order valence-corrected chi connectivity index (χ4v) is 5.52. The summed E-state index contributed by atoms with van der Waals surface area (Å²) in [4.78, 5) is 15.3. The number of carbonyl (C=O) groups is 1. The van der Waals surface area contributed by atoms with E-state index in [1.54, 1.807) is 12.1 Å². The van der Waals surface area contributed by atoms with E-state index < -0.39 is 23.2 Å². The van der Waals surface area contributed by atoms with E-state index in [1.807, 2.05) is 19.0 Å². The van der Waals surface area contributed by atoms with Crippen molar-refractivity contribution < 1.29 is 22.4 Å². The van der Waals surface area contributed by atoms with Crippen LogP contribution in [0, 0.1) is 17.5 Å². The molecule has 2 aromatic rings. The highest BCUT2D eigenvalue weighted by molar-refractivity contribution is 7.99. The summed E-state index contributed by atoms with van der Waals surface area (Å²) in [6.45, 7) is 0.704. The molecule has 1 unspecified atom stereocenters. The minimum atomic E-state index is -1.92. The Morgan fingerprint density at radius 3 is 2.26 bits per heavy atom. The Labute approximate surface area is 212 Å². The van der Waals surface area contributed by atoms with Crippen molar-refractivity contribution in [1.29, 1.82) is 0 Å². The summed E-state index contributed by atoms with van der Waals surface area (Å²) < 4.78 is 60.1. The largest absolute Gasteiger partial charge is 0.377 e. The molecule has 3 rings (SSSR count). The van der Waals surface area contributed by atoms with Gasteiger partial charge in [-0.3, -0.25) is 9.52 Å². The van der Waals surface area contributed by atoms with Crippen LogP contribution in [-0.4, -0.2) is 48.9 Å². The number of hydrogen-bond acceptors (Lipinski definition) is 5. The standard InChI is InChI=1S/C25H31F4N3OS2/c1-32(2)13-10-18(16-34-19-8-6-17(26)7-9-19)30-23-21(27)14-20(15-22(23)28)35-31-24(33)25(29)11-4-3-5-12-25/h6-9,14-15,18,30H,3-5,10-13,16H2,1-2H3,(H,31,33). The first-order valence-corrected chi connectivity index (χ1v) is 13.4. The van der Waals surface area contributed by atoms with Crippen LogP contribution in [0.3, 0.4) is 0 Å². The number of thioether (sulfide) groups is 1. The number of halogens is 4. The number of hydrogen-bond donors (Lipinski definition) is 2. The minimum absolute atomic E-state index is 0.142. The van der Waals surface area contributed by atoms with E-state index in [4.69, 9.17) is 0 Å². The molecule has 0 radical (unpaired) electrons. The number of alkyl halides is 1. The van der Waals surface area contributed by atoms with Gasteiger partial charge in [0.15, 0.2) is 5.67 Å². The fraction of sp³-hybridized carbons (Fsp3) is 0.480. The molecule has 35 heavy (non-hydrogen) atoms. The topological polar surface area (TPSA) is 44.4 Å². The van der Waals surface area contributed by atoms with Crippen LogP contribution in [0.25, 0.3) is 0 Å². The van der Waals surface area contributed by atoms with E-state index in [1.165, 1.54) is 23.9 Å². The smallest absolute Gasteiger partial charge is 0.267 e. The molecule has 2 N–H and O–H groups in total. The average Bonchev–Trinajstić information content (AvgIpc) is 2.82. The molecule has 1 aliphatic rings. The van der Waals surface area contributed by atoms with Gasteiger partial charge >= 0.3 is 0 Å². The molecule has 0 spiro atoms. The van der Waals surface area contributed by atoms with E-state index >= 15 is 0 Å². The van der Waals surface area contributed by atoms with Crippen LogP contribution in [0.5, 0.6) is 0 Å². The molecule has 0 bridgehead atoms. The van der Waals surface area contributed by atoms with Gasteiger partial charge in [-0.2, -0.15) is 0 Å². The number of amides is 1. The molecule has 1 aliphatic carbocycles. The molecule has 0 saturated heterocycles. The SMILES string of the molecule is CN(C)CCC(CSc1ccc(F)cc1)Nc1c(F)cc(SNC(=O)C2(F)CCCCC2)cc1F. The van der Waals surface area contributed by atoms with Crippen molar-refractivity contribution in [2.24, 2.45) is 0 Å². The van der Waals surface area contributed by atoms with Crippen molar-refractivity contribution in [3.63, 3.8) is 0 Å². The lowest BCUT2D eigenvalue weighted by Gasteiger charge is -2.27. The Kier molecular flexibility index (Phi) is 10.2. The van der Waals surface area contributed by atoms with Gasteiger partial charge in [-0.05, 0) is 101 Å². The summed E-state index contributed by atoms with van der Waals surface area (Å²) in [5, 5.41) is 2.97. The molecule has 192 valence electrons. The number of anilines is 1. The molecular formula is C25H31F4N3OS2. The number of rotatable bonds is 11.